The second kappa shape index (κ2) is 10.8. The van der Waals surface area contributed by atoms with Gasteiger partial charge in [0, 0.05) is 17.7 Å². The molecular weight excluding hydrogens is 392 g/mol. The van der Waals surface area contributed by atoms with Gasteiger partial charge in [-0.1, -0.05) is 60.7 Å². The molecule has 0 aromatic heterocycles. The number of benzene rings is 3. The van der Waals surface area contributed by atoms with Crippen LogP contribution in [0.25, 0.3) is 0 Å². The van der Waals surface area contributed by atoms with E-state index in [1.54, 1.807) is 44.6 Å². The van der Waals surface area contributed by atoms with E-state index in [0.717, 1.165) is 11.1 Å². The third kappa shape index (κ3) is 5.85. The average Bonchev–Trinajstić information content (AvgIpc) is 2.83. The highest BCUT2D eigenvalue weighted by atomic mass is 16.5. The zero-order valence-corrected chi connectivity index (χ0v) is 17.6. The monoisotopic (exact) mass is 418 g/mol. The summed E-state index contributed by atoms with van der Waals surface area (Å²) in [6, 6.07) is 23.5. The third-order valence-corrected chi connectivity index (χ3v) is 4.89. The van der Waals surface area contributed by atoms with Crippen molar-refractivity contribution in [1.29, 1.82) is 0 Å². The third-order valence-electron chi connectivity index (χ3n) is 4.89. The molecule has 0 saturated heterocycles. The van der Waals surface area contributed by atoms with Gasteiger partial charge in [-0.3, -0.25) is 9.59 Å². The van der Waals surface area contributed by atoms with Crippen LogP contribution < -0.4 is 20.1 Å². The molecule has 0 aliphatic carbocycles. The number of rotatable bonds is 9. The average molecular weight is 418 g/mol. The van der Waals surface area contributed by atoms with Crippen molar-refractivity contribution in [1.82, 2.24) is 10.6 Å². The minimum atomic E-state index is -0.457. The van der Waals surface area contributed by atoms with Gasteiger partial charge in [-0.2, -0.15) is 0 Å². The number of para-hydroxylation sites is 1. The number of nitrogens with one attached hydrogen (secondary N) is 2. The first kappa shape index (κ1) is 21.9. The second-order valence-electron chi connectivity index (χ2n) is 6.94. The molecule has 0 aliphatic rings. The van der Waals surface area contributed by atoms with Crippen LogP contribution in [-0.4, -0.2) is 26.0 Å². The van der Waals surface area contributed by atoms with Crippen LogP contribution in [0.4, 0.5) is 0 Å². The number of ether oxygens (including phenoxy) is 2. The standard InChI is InChI=1S/C25H26N2O4/c1-30-22-15-9-14-20(24(22)31-2)17-26-23(28)16-21(18-10-5-3-6-11-18)27-25(29)19-12-7-4-8-13-19/h3-15,21H,16-17H2,1-2H3,(H,26,28)(H,27,29). The minimum absolute atomic E-state index is 0.106. The Morgan fingerprint density at radius 2 is 1.52 bits per heavy atom. The molecule has 0 bridgehead atoms. The van der Waals surface area contributed by atoms with Gasteiger partial charge in [0.25, 0.3) is 5.91 Å². The predicted octanol–water partition coefficient (Wildman–Crippen LogP) is 3.88. The van der Waals surface area contributed by atoms with Gasteiger partial charge in [-0.15, -0.1) is 0 Å². The van der Waals surface area contributed by atoms with Crippen LogP contribution in [0.15, 0.2) is 78.9 Å². The van der Waals surface area contributed by atoms with Gasteiger partial charge >= 0.3 is 0 Å². The molecule has 0 radical (unpaired) electrons. The lowest BCUT2D eigenvalue weighted by molar-refractivity contribution is -0.121. The summed E-state index contributed by atoms with van der Waals surface area (Å²) in [4.78, 5) is 25.4. The molecule has 0 fully saturated rings. The minimum Gasteiger partial charge on any atom is -0.493 e. The maximum atomic E-state index is 12.7. The van der Waals surface area contributed by atoms with E-state index in [0.29, 0.717) is 17.1 Å². The fourth-order valence-electron chi connectivity index (χ4n) is 3.31. The summed E-state index contributed by atoms with van der Waals surface area (Å²) < 4.78 is 10.7. The van der Waals surface area contributed by atoms with Gasteiger partial charge < -0.3 is 20.1 Å². The van der Waals surface area contributed by atoms with E-state index in [4.69, 9.17) is 9.47 Å². The van der Waals surface area contributed by atoms with Gasteiger partial charge in [-0.25, -0.2) is 0 Å². The zero-order valence-electron chi connectivity index (χ0n) is 17.6. The van der Waals surface area contributed by atoms with Crippen LogP contribution in [0.5, 0.6) is 11.5 Å². The maximum Gasteiger partial charge on any atom is 0.251 e. The number of amides is 2. The second-order valence-corrected chi connectivity index (χ2v) is 6.94. The summed E-state index contributed by atoms with van der Waals surface area (Å²) in [5, 5.41) is 5.89. The fraction of sp³-hybridized carbons (Fsp3) is 0.200. The molecule has 3 aromatic rings. The molecule has 6 heteroatoms. The first-order valence-electron chi connectivity index (χ1n) is 9.99. The lowest BCUT2D eigenvalue weighted by atomic mass is 10.0. The first-order valence-corrected chi connectivity index (χ1v) is 9.99. The van der Waals surface area contributed by atoms with Crippen molar-refractivity contribution in [3.63, 3.8) is 0 Å². The summed E-state index contributed by atoms with van der Waals surface area (Å²) in [7, 11) is 3.13. The van der Waals surface area contributed by atoms with Crippen molar-refractivity contribution < 1.29 is 19.1 Å². The van der Waals surface area contributed by atoms with Crippen molar-refractivity contribution >= 4 is 11.8 Å². The number of hydrogen-bond acceptors (Lipinski definition) is 4. The fourth-order valence-corrected chi connectivity index (χ4v) is 3.31. The van der Waals surface area contributed by atoms with E-state index in [2.05, 4.69) is 10.6 Å². The van der Waals surface area contributed by atoms with E-state index >= 15 is 0 Å². The van der Waals surface area contributed by atoms with Gasteiger partial charge in [0.1, 0.15) is 0 Å². The number of carbonyl (C=O) groups is 2. The first-order chi connectivity index (χ1) is 15.1. The lowest BCUT2D eigenvalue weighted by Crippen LogP contribution is -2.33. The van der Waals surface area contributed by atoms with Crippen LogP contribution in [0.3, 0.4) is 0 Å². The van der Waals surface area contributed by atoms with Crippen molar-refractivity contribution in [2.24, 2.45) is 0 Å². The van der Waals surface area contributed by atoms with E-state index in [1.165, 1.54) is 0 Å². The summed E-state index contributed by atoms with van der Waals surface area (Å²) in [6.07, 6.45) is 0.106. The van der Waals surface area contributed by atoms with Crippen LogP contribution in [-0.2, 0) is 11.3 Å². The van der Waals surface area contributed by atoms with E-state index < -0.39 is 6.04 Å². The van der Waals surface area contributed by atoms with Crippen LogP contribution in [0.1, 0.15) is 33.9 Å². The summed E-state index contributed by atoms with van der Waals surface area (Å²) in [6.45, 7) is 0.285. The topological polar surface area (TPSA) is 76.7 Å². The Morgan fingerprint density at radius 1 is 0.839 bits per heavy atom. The molecule has 3 rings (SSSR count). The molecule has 0 spiro atoms. The summed E-state index contributed by atoms with van der Waals surface area (Å²) in [5.41, 5.74) is 2.21. The highest BCUT2D eigenvalue weighted by molar-refractivity contribution is 5.94. The number of hydrogen-bond donors (Lipinski definition) is 2. The normalized spacial score (nSPS) is 11.3. The Hall–Kier alpha value is -3.80. The predicted molar refractivity (Wildman–Crippen MR) is 119 cm³/mol. The Labute approximate surface area is 182 Å². The Kier molecular flexibility index (Phi) is 7.65. The molecule has 0 saturated carbocycles. The van der Waals surface area contributed by atoms with E-state index in [9.17, 15) is 9.59 Å². The molecule has 31 heavy (non-hydrogen) atoms. The summed E-state index contributed by atoms with van der Waals surface area (Å²) in [5.74, 6) is 0.776. The molecule has 6 nitrogen and oxygen atoms in total. The molecule has 3 aromatic carbocycles. The van der Waals surface area contributed by atoms with Gasteiger partial charge in [-0.05, 0) is 23.8 Å². The highest BCUT2D eigenvalue weighted by Gasteiger charge is 2.19. The molecule has 0 heterocycles. The van der Waals surface area contributed by atoms with Crippen molar-refractivity contribution in [2.75, 3.05) is 14.2 Å². The molecular formula is C25H26N2O4. The quantitative estimate of drug-likeness (QED) is 0.553. The Morgan fingerprint density at radius 3 is 2.16 bits per heavy atom. The van der Waals surface area contributed by atoms with Crippen molar-refractivity contribution in [2.45, 2.75) is 19.0 Å². The largest absolute Gasteiger partial charge is 0.493 e. The highest BCUT2D eigenvalue weighted by Crippen LogP contribution is 2.30. The number of methoxy groups -OCH3 is 2. The molecule has 2 amide bonds. The SMILES string of the molecule is COc1cccc(CNC(=O)CC(NC(=O)c2ccccc2)c2ccccc2)c1OC. The molecule has 2 N–H and O–H groups in total. The van der Waals surface area contributed by atoms with Crippen LogP contribution in [0, 0.1) is 0 Å². The van der Waals surface area contributed by atoms with Crippen LogP contribution in [0.2, 0.25) is 0 Å². The zero-order chi connectivity index (χ0) is 22.1. The lowest BCUT2D eigenvalue weighted by Gasteiger charge is -2.19. The molecule has 1 atom stereocenters. The Balaban J connectivity index is 1.70. The molecule has 0 aliphatic heterocycles. The van der Waals surface area contributed by atoms with E-state index in [1.807, 2.05) is 48.5 Å². The molecule has 160 valence electrons. The van der Waals surface area contributed by atoms with Crippen molar-refractivity contribution in [3.8, 4) is 11.5 Å². The van der Waals surface area contributed by atoms with Gasteiger partial charge in [0.15, 0.2) is 11.5 Å². The maximum absolute atomic E-state index is 12.7. The van der Waals surface area contributed by atoms with Crippen LogP contribution >= 0.6 is 0 Å². The summed E-state index contributed by atoms with van der Waals surface area (Å²) >= 11 is 0. The number of carbonyl (C=O) groups excluding carboxylic acids is 2. The Bertz CT molecular complexity index is 1010. The van der Waals surface area contributed by atoms with Gasteiger partial charge in [0.05, 0.1) is 26.7 Å². The van der Waals surface area contributed by atoms with Crippen molar-refractivity contribution in [3.05, 3.63) is 95.6 Å². The molecule has 1 unspecified atom stereocenters. The smallest absolute Gasteiger partial charge is 0.251 e. The van der Waals surface area contributed by atoms with E-state index in [-0.39, 0.29) is 24.8 Å². The van der Waals surface area contributed by atoms with Gasteiger partial charge in [0.2, 0.25) is 5.91 Å².